The number of carbonyl (C=O) groups is 2. The van der Waals surface area contributed by atoms with E-state index in [0.717, 1.165) is 14.5 Å². The normalized spacial score (nSPS) is 15.1. The average Bonchev–Trinajstić information content (AvgIpc) is 2.78. The summed E-state index contributed by atoms with van der Waals surface area (Å²) < 4.78 is 7.78. The summed E-state index contributed by atoms with van der Waals surface area (Å²) in [5, 5.41) is 3.12. The fraction of sp³-hybridized carbons (Fsp3) is 0.0417. The monoisotopic (exact) mass is 604 g/mol. The second kappa shape index (κ2) is 10.2. The molecule has 1 aliphatic heterocycles. The van der Waals surface area contributed by atoms with Crippen molar-refractivity contribution in [1.82, 2.24) is 5.32 Å². The van der Waals surface area contributed by atoms with Crippen molar-refractivity contribution in [2.75, 3.05) is 4.90 Å². The summed E-state index contributed by atoms with van der Waals surface area (Å²) >= 11 is 18.1. The minimum absolute atomic E-state index is 0.0207. The zero-order valence-corrected chi connectivity index (χ0v) is 21.6. The predicted octanol–water partition coefficient (Wildman–Crippen LogP) is 6.28. The number of carbonyl (C=O) groups excluding carboxylic acids is 2. The molecule has 1 aliphatic rings. The van der Waals surface area contributed by atoms with Crippen molar-refractivity contribution in [3.05, 3.63) is 97.4 Å². The first kappa shape index (κ1) is 23.6. The zero-order chi connectivity index (χ0) is 23.5. The number of nitrogens with one attached hydrogen (secondary N) is 1. The number of nitrogens with zero attached hydrogens (tertiary/aromatic N) is 1. The Balaban J connectivity index is 1.51. The van der Waals surface area contributed by atoms with Crippen molar-refractivity contribution in [3.8, 4) is 5.75 Å². The Labute approximate surface area is 217 Å². The van der Waals surface area contributed by atoms with E-state index in [-0.39, 0.29) is 10.7 Å². The highest BCUT2D eigenvalue weighted by atomic mass is 79.9. The standard InChI is InChI=1S/C24H15Br2ClN2O3S/c25-16-4-3-15(21(26)12-16)13-32-19-9-1-14(2-10-19)11-20-22(30)28-24(33)29(23(20)31)18-7-5-17(27)6-8-18/h1-12H,13H2,(H,28,30,33)/b20-11+. The smallest absolute Gasteiger partial charge is 0.270 e. The minimum Gasteiger partial charge on any atom is -0.489 e. The van der Waals surface area contributed by atoms with Gasteiger partial charge in [-0.2, -0.15) is 0 Å². The van der Waals surface area contributed by atoms with Crippen molar-refractivity contribution >= 4 is 84.4 Å². The molecule has 9 heteroatoms. The molecule has 0 radical (unpaired) electrons. The van der Waals surface area contributed by atoms with Gasteiger partial charge >= 0.3 is 0 Å². The fourth-order valence-electron chi connectivity index (χ4n) is 3.11. The number of hydrogen-bond acceptors (Lipinski definition) is 4. The van der Waals surface area contributed by atoms with E-state index in [9.17, 15) is 9.59 Å². The van der Waals surface area contributed by atoms with Gasteiger partial charge in [0, 0.05) is 19.5 Å². The number of thiocarbonyl (C=S) groups is 1. The van der Waals surface area contributed by atoms with Crippen molar-refractivity contribution in [3.63, 3.8) is 0 Å². The molecule has 1 saturated heterocycles. The molecule has 2 amide bonds. The lowest BCUT2D eigenvalue weighted by atomic mass is 10.1. The van der Waals surface area contributed by atoms with E-state index in [1.54, 1.807) is 48.5 Å². The number of ether oxygens (including phenoxy) is 1. The second-order valence-corrected chi connectivity index (χ2v) is 9.62. The largest absolute Gasteiger partial charge is 0.489 e. The van der Waals surface area contributed by atoms with Gasteiger partial charge in [-0.25, -0.2) is 0 Å². The van der Waals surface area contributed by atoms with E-state index >= 15 is 0 Å². The molecule has 3 aromatic carbocycles. The van der Waals surface area contributed by atoms with Crippen LogP contribution in [-0.2, 0) is 16.2 Å². The van der Waals surface area contributed by atoms with Gasteiger partial charge in [0.2, 0.25) is 0 Å². The lowest BCUT2D eigenvalue weighted by Crippen LogP contribution is -2.54. The van der Waals surface area contributed by atoms with Crippen LogP contribution in [0.2, 0.25) is 5.02 Å². The lowest BCUT2D eigenvalue weighted by Gasteiger charge is -2.28. The molecule has 3 aromatic rings. The van der Waals surface area contributed by atoms with Gasteiger partial charge in [0.05, 0.1) is 5.69 Å². The molecule has 4 rings (SSSR count). The van der Waals surface area contributed by atoms with Crippen LogP contribution in [0.1, 0.15) is 11.1 Å². The summed E-state index contributed by atoms with van der Waals surface area (Å²) in [4.78, 5) is 26.8. The van der Waals surface area contributed by atoms with E-state index in [1.165, 1.54) is 11.0 Å². The van der Waals surface area contributed by atoms with Crippen LogP contribution in [0.4, 0.5) is 5.69 Å². The minimum atomic E-state index is -0.546. The molecule has 166 valence electrons. The lowest BCUT2D eigenvalue weighted by molar-refractivity contribution is -0.122. The highest BCUT2D eigenvalue weighted by molar-refractivity contribution is 9.11. The first-order chi connectivity index (χ1) is 15.8. The van der Waals surface area contributed by atoms with E-state index in [1.807, 2.05) is 18.2 Å². The fourth-order valence-corrected chi connectivity index (χ4v) is 4.68. The van der Waals surface area contributed by atoms with Crippen LogP contribution >= 0.6 is 55.7 Å². The Morgan fingerprint density at radius 2 is 1.70 bits per heavy atom. The van der Waals surface area contributed by atoms with Gasteiger partial charge in [0.25, 0.3) is 11.8 Å². The number of hydrogen-bond donors (Lipinski definition) is 1. The summed E-state index contributed by atoms with van der Waals surface area (Å²) in [6.07, 6.45) is 1.53. The summed E-state index contributed by atoms with van der Waals surface area (Å²) in [7, 11) is 0. The molecule has 0 bridgehead atoms. The van der Waals surface area contributed by atoms with Crippen LogP contribution in [0.3, 0.4) is 0 Å². The maximum Gasteiger partial charge on any atom is 0.270 e. The van der Waals surface area contributed by atoms with Crippen LogP contribution in [0.25, 0.3) is 6.08 Å². The predicted molar refractivity (Wildman–Crippen MR) is 140 cm³/mol. The van der Waals surface area contributed by atoms with Gasteiger partial charge in [0.1, 0.15) is 17.9 Å². The zero-order valence-electron chi connectivity index (χ0n) is 16.8. The van der Waals surface area contributed by atoms with Crippen LogP contribution in [-0.4, -0.2) is 16.9 Å². The van der Waals surface area contributed by atoms with Gasteiger partial charge in [-0.3, -0.25) is 19.8 Å². The van der Waals surface area contributed by atoms with Crippen LogP contribution in [0.15, 0.2) is 81.2 Å². The van der Waals surface area contributed by atoms with Crippen LogP contribution in [0.5, 0.6) is 5.75 Å². The number of amides is 2. The number of halogens is 3. The Hall–Kier alpha value is -2.52. The molecule has 0 atom stereocenters. The summed E-state index contributed by atoms with van der Waals surface area (Å²) in [5.74, 6) is -0.391. The van der Waals surface area contributed by atoms with Crippen LogP contribution in [0, 0.1) is 0 Å². The molecule has 1 fully saturated rings. The van der Waals surface area contributed by atoms with E-state index < -0.39 is 11.8 Å². The highest BCUT2D eigenvalue weighted by Gasteiger charge is 2.34. The number of rotatable bonds is 5. The maximum atomic E-state index is 13.1. The second-order valence-electron chi connectivity index (χ2n) is 7.03. The average molecular weight is 607 g/mol. The van der Waals surface area contributed by atoms with E-state index in [2.05, 4.69) is 37.2 Å². The topological polar surface area (TPSA) is 58.6 Å². The van der Waals surface area contributed by atoms with E-state index in [4.69, 9.17) is 28.6 Å². The number of benzene rings is 3. The summed E-state index contributed by atoms with van der Waals surface area (Å²) in [6, 6.07) is 19.6. The molecular formula is C24H15Br2ClN2O3S. The Bertz CT molecular complexity index is 1280. The highest BCUT2D eigenvalue weighted by Crippen LogP contribution is 2.26. The third kappa shape index (κ3) is 5.52. The van der Waals surface area contributed by atoms with Crippen molar-refractivity contribution < 1.29 is 14.3 Å². The summed E-state index contributed by atoms with van der Waals surface area (Å²) in [5.41, 5.74) is 2.18. The van der Waals surface area contributed by atoms with Gasteiger partial charge < -0.3 is 4.74 Å². The Morgan fingerprint density at radius 3 is 2.36 bits per heavy atom. The molecule has 0 aliphatic carbocycles. The SMILES string of the molecule is O=C1NC(=S)N(c2ccc(Cl)cc2)C(=O)/C1=C/c1ccc(OCc2ccc(Br)cc2Br)cc1. The third-order valence-electron chi connectivity index (χ3n) is 4.79. The Morgan fingerprint density at radius 1 is 1.00 bits per heavy atom. The molecule has 1 heterocycles. The van der Waals surface area contributed by atoms with Crippen molar-refractivity contribution in [1.29, 1.82) is 0 Å². The van der Waals surface area contributed by atoms with Crippen molar-refractivity contribution in [2.24, 2.45) is 0 Å². The molecule has 1 N–H and O–H groups in total. The number of anilines is 1. The van der Waals surface area contributed by atoms with Gasteiger partial charge in [-0.05, 0) is 72.4 Å². The molecule has 0 saturated carbocycles. The quantitative estimate of drug-likeness (QED) is 0.211. The first-order valence-corrected chi connectivity index (χ1v) is 12.0. The molecule has 0 unspecified atom stereocenters. The molecule has 0 aromatic heterocycles. The first-order valence-electron chi connectivity index (χ1n) is 9.65. The molecular weight excluding hydrogens is 592 g/mol. The molecule has 33 heavy (non-hydrogen) atoms. The van der Waals surface area contributed by atoms with Gasteiger partial charge in [-0.1, -0.05) is 61.7 Å². The van der Waals surface area contributed by atoms with Crippen molar-refractivity contribution in [2.45, 2.75) is 6.61 Å². The molecule has 0 spiro atoms. The van der Waals surface area contributed by atoms with Crippen LogP contribution < -0.4 is 15.0 Å². The summed E-state index contributed by atoms with van der Waals surface area (Å²) in [6.45, 7) is 0.392. The maximum absolute atomic E-state index is 13.1. The Kier molecular flexibility index (Phi) is 7.29. The van der Waals surface area contributed by atoms with E-state index in [0.29, 0.717) is 28.6 Å². The van der Waals surface area contributed by atoms with Gasteiger partial charge in [-0.15, -0.1) is 0 Å². The third-order valence-corrected chi connectivity index (χ3v) is 6.56. The van der Waals surface area contributed by atoms with Gasteiger partial charge in [0.15, 0.2) is 5.11 Å². The molecule has 5 nitrogen and oxygen atoms in total.